The van der Waals surface area contributed by atoms with Crippen LogP contribution >= 0.6 is 11.3 Å². The van der Waals surface area contributed by atoms with E-state index in [9.17, 15) is 9.50 Å². The lowest BCUT2D eigenvalue weighted by Gasteiger charge is -2.33. The molecule has 1 aliphatic heterocycles. The van der Waals surface area contributed by atoms with E-state index in [2.05, 4.69) is 4.90 Å². The van der Waals surface area contributed by atoms with Crippen LogP contribution < -0.4 is 4.74 Å². The van der Waals surface area contributed by atoms with Crippen molar-refractivity contribution in [2.75, 3.05) is 19.6 Å². The molecule has 2 heterocycles. The zero-order valence-corrected chi connectivity index (χ0v) is 13.1. The number of piperidine rings is 1. The van der Waals surface area contributed by atoms with Gasteiger partial charge >= 0.3 is 0 Å². The predicted molar refractivity (Wildman–Crippen MR) is 85.8 cm³/mol. The zero-order chi connectivity index (χ0) is 15.4. The Morgan fingerprint density at radius 2 is 2.09 bits per heavy atom. The molecule has 0 aliphatic carbocycles. The van der Waals surface area contributed by atoms with Gasteiger partial charge in [-0.2, -0.15) is 0 Å². The van der Waals surface area contributed by atoms with Crippen molar-refractivity contribution in [1.82, 2.24) is 4.90 Å². The van der Waals surface area contributed by atoms with Gasteiger partial charge in [-0.15, -0.1) is 11.3 Å². The second kappa shape index (κ2) is 7.22. The lowest BCUT2D eigenvalue weighted by molar-refractivity contribution is 0.0621. The minimum Gasteiger partial charge on any atom is -0.490 e. The van der Waals surface area contributed by atoms with Crippen molar-refractivity contribution in [3.8, 4) is 5.75 Å². The third-order valence-corrected chi connectivity index (χ3v) is 4.91. The van der Waals surface area contributed by atoms with E-state index < -0.39 is 6.10 Å². The summed E-state index contributed by atoms with van der Waals surface area (Å²) in [5.41, 5.74) is 0. The first-order chi connectivity index (χ1) is 10.7. The van der Waals surface area contributed by atoms with Crippen molar-refractivity contribution in [2.24, 2.45) is 0 Å². The fourth-order valence-electron chi connectivity index (χ4n) is 2.76. The summed E-state index contributed by atoms with van der Waals surface area (Å²) in [6, 6.07) is 10.2. The maximum atomic E-state index is 13.1. The van der Waals surface area contributed by atoms with E-state index in [-0.39, 0.29) is 11.9 Å². The van der Waals surface area contributed by atoms with Gasteiger partial charge in [0.05, 0.1) is 0 Å². The number of hydrogen-bond donors (Lipinski definition) is 1. The molecule has 0 saturated carbocycles. The molecule has 2 aromatic rings. The van der Waals surface area contributed by atoms with Gasteiger partial charge in [-0.05, 0) is 36.4 Å². The molecule has 1 fully saturated rings. The molecule has 0 bridgehead atoms. The SMILES string of the molecule is OC(CN1CCC(Oc2cccc(F)c2)CC1)c1cccs1. The summed E-state index contributed by atoms with van der Waals surface area (Å²) < 4.78 is 19.0. The monoisotopic (exact) mass is 321 g/mol. The Labute approximate surface area is 134 Å². The van der Waals surface area contributed by atoms with Gasteiger partial charge in [-0.1, -0.05) is 12.1 Å². The minimum atomic E-state index is -0.416. The first-order valence-electron chi connectivity index (χ1n) is 7.57. The number of nitrogens with zero attached hydrogens (tertiary/aromatic N) is 1. The molecule has 118 valence electrons. The topological polar surface area (TPSA) is 32.7 Å². The highest BCUT2D eigenvalue weighted by atomic mass is 32.1. The smallest absolute Gasteiger partial charge is 0.126 e. The summed E-state index contributed by atoms with van der Waals surface area (Å²) in [6.07, 6.45) is 1.50. The molecular weight excluding hydrogens is 301 g/mol. The Kier molecular flexibility index (Phi) is 5.08. The average molecular weight is 321 g/mol. The molecule has 1 N–H and O–H groups in total. The van der Waals surface area contributed by atoms with Crippen LogP contribution in [0, 0.1) is 5.82 Å². The van der Waals surface area contributed by atoms with E-state index in [4.69, 9.17) is 4.74 Å². The summed E-state index contributed by atoms with van der Waals surface area (Å²) in [5, 5.41) is 12.2. The normalized spacial score (nSPS) is 18.3. The van der Waals surface area contributed by atoms with E-state index in [1.165, 1.54) is 12.1 Å². The van der Waals surface area contributed by atoms with Crippen LogP contribution in [0.4, 0.5) is 4.39 Å². The highest BCUT2D eigenvalue weighted by Crippen LogP contribution is 2.23. The van der Waals surface area contributed by atoms with E-state index >= 15 is 0 Å². The Hall–Kier alpha value is -1.43. The van der Waals surface area contributed by atoms with E-state index in [0.717, 1.165) is 30.8 Å². The molecule has 1 unspecified atom stereocenters. The molecule has 0 radical (unpaired) electrons. The van der Waals surface area contributed by atoms with Gasteiger partial charge in [-0.3, -0.25) is 0 Å². The Morgan fingerprint density at radius 1 is 1.27 bits per heavy atom. The number of rotatable bonds is 5. The number of β-amino-alcohol motifs (C(OH)–C–C–N with tert-alkyl or cyclic N) is 1. The second-order valence-electron chi connectivity index (χ2n) is 5.61. The molecule has 0 amide bonds. The number of halogens is 1. The third kappa shape index (κ3) is 4.06. The zero-order valence-electron chi connectivity index (χ0n) is 12.3. The number of likely N-dealkylation sites (tertiary alicyclic amines) is 1. The van der Waals surface area contributed by atoms with Crippen molar-refractivity contribution >= 4 is 11.3 Å². The standard InChI is InChI=1S/C17H20FNO2S/c18-13-3-1-4-15(11-13)21-14-6-8-19(9-7-14)12-16(20)17-5-2-10-22-17/h1-5,10-11,14,16,20H,6-9,12H2. The van der Waals surface area contributed by atoms with Crippen molar-refractivity contribution in [3.05, 3.63) is 52.5 Å². The molecule has 1 saturated heterocycles. The molecule has 1 atom stereocenters. The Balaban J connectivity index is 1.46. The highest BCUT2D eigenvalue weighted by molar-refractivity contribution is 7.10. The molecule has 1 aromatic heterocycles. The van der Waals surface area contributed by atoms with Crippen LogP contribution in [0.1, 0.15) is 23.8 Å². The largest absolute Gasteiger partial charge is 0.490 e. The lowest BCUT2D eigenvalue weighted by atomic mass is 10.1. The molecule has 22 heavy (non-hydrogen) atoms. The fraction of sp³-hybridized carbons (Fsp3) is 0.412. The van der Waals surface area contributed by atoms with Crippen molar-refractivity contribution in [2.45, 2.75) is 25.0 Å². The third-order valence-electron chi connectivity index (χ3n) is 3.94. The summed E-state index contributed by atoms with van der Waals surface area (Å²) in [7, 11) is 0. The molecular formula is C17H20FNO2S. The first kappa shape index (κ1) is 15.5. The van der Waals surface area contributed by atoms with Crippen LogP contribution in [0.2, 0.25) is 0 Å². The fourth-order valence-corrected chi connectivity index (χ4v) is 3.46. The number of aliphatic hydroxyl groups is 1. The lowest BCUT2D eigenvalue weighted by Crippen LogP contribution is -2.40. The molecule has 3 nitrogen and oxygen atoms in total. The van der Waals surface area contributed by atoms with Gasteiger partial charge in [0.2, 0.25) is 0 Å². The van der Waals surface area contributed by atoms with Crippen LogP contribution in [0.15, 0.2) is 41.8 Å². The Bertz CT molecular complexity index is 582. The van der Waals surface area contributed by atoms with Crippen LogP contribution in [0.3, 0.4) is 0 Å². The van der Waals surface area contributed by atoms with Crippen LogP contribution in [0.25, 0.3) is 0 Å². The minimum absolute atomic E-state index is 0.122. The van der Waals surface area contributed by atoms with Crippen molar-refractivity contribution in [3.63, 3.8) is 0 Å². The number of thiophene rings is 1. The quantitative estimate of drug-likeness (QED) is 0.915. The second-order valence-corrected chi connectivity index (χ2v) is 6.59. The maximum absolute atomic E-state index is 13.1. The average Bonchev–Trinajstić information content (AvgIpc) is 3.04. The van der Waals surface area contributed by atoms with Gasteiger partial charge in [0.15, 0.2) is 0 Å². The van der Waals surface area contributed by atoms with E-state index in [1.54, 1.807) is 23.5 Å². The number of hydrogen-bond acceptors (Lipinski definition) is 4. The predicted octanol–water partition coefficient (Wildman–Crippen LogP) is 3.46. The molecule has 3 rings (SSSR count). The van der Waals surface area contributed by atoms with Crippen LogP contribution in [-0.2, 0) is 0 Å². The van der Waals surface area contributed by atoms with E-state index in [0.29, 0.717) is 12.3 Å². The summed E-state index contributed by atoms with van der Waals surface area (Å²) >= 11 is 1.59. The number of ether oxygens (including phenoxy) is 1. The number of aliphatic hydroxyl groups excluding tert-OH is 1. The highest BCUT2D eigenvalue weighted by Gasteiger charge is 2.23. The van der Waals surface area contributed by atoms with Gasteiger partial charge in [-0.25, -0.2) is 4.39 Å². The number of benzene rings is 1. The Morgan fingerprint density at radius 3 is 2.77 bits per heavy atom. The molecule has 1 aromatic carbocycles. The van der Waals surface area contributed by atoms with E-state index in [1.807, 2.05) is 17.5 Å². The van der Waals surface area contributed by atoms with Gasteiger partial charge in [0, 0.05) is 30.6 Å². The van der Waals surface area contributed by atoms with Gasteiger partial charge in [0.1, 0.15) is 23.8 Å². The van der Waals surface area contributed by atoms with Gasteiger partial charge < -0.3 is 14.7 Å². The molecule has 1 aliphatic rings. The van der Waals surface area contributed by atoms with Gasteiger partial charge in [0.25, 0.3) is 0 Å². The van der Waals surface area contributed by atoms with Crippen molar-refractivity contribution in [1.29, 1.82) is 0 Å². The van der Waals surface area contributed by atoms with Crippen molar-refractivity contribution < 1.29 is 14.2 Å². The van der Waals surface area contributed by atoms with Crippen LogP contribution in [0.5, 0.6) is 5.75 Å². The summed E-state index contributed by atoms with van der Waals surface area (Å²) in [6.45, 7) is 2.44. The summed E-state index contributed by atoms with van der Waals surface area (Å²) in [4.78, 5) is 3.27. The molecule has 0 spiro atoms. The summed E-state index contributed by atoms with van der Waals surface area (Å²) in [5.74, 6) is 0.325. The first-order valence-corrected chi connectivity index (χ1v) is 8.45. The van der Waals surface area contributed by atoms with Crippen LogP contribution in [-0.4, -0.2) is 35.7 Å². The maximum Gasteiger partial charge on any atom is 0.126 e. The molecule has 5 heteroatoms.